The van der Waals surface area contributed by atoms with Crippen LogP contribution in [0.2, 0.25) is 0 Å². The van der Waals surface area contributed by atoms with Gasteiger partial charge in [-0.3, -0.25) is 0 Å². The first-order valence-corrected chi connectivity index (χ1v) is 3.69. The van der Waals surface area contributed by atoms with E-state index in [0.717, 1.165) is 0 Å². The van der Waals surface area contributed by atoms with Gasteiger partial charge in [0.25, 0.3) is 0 Å². The minimum Gasteiger partial charge on any atom is -0.386 e. The van der Waals surface area contributed by atoms with Crippen molar-refractivity contribution in [2.24, 2.45) is 5.73 Å². The van der Waals surface area contributed by atoms with Crippen molar-refractivity contribution in [2.45, 2.75) is 12.1 Å². The molecule has 3 nitrogen and oxygen atoms in total. The molecule has 0 aliphatic heterocycles. The van der Waals surface area contributed by atoms with Gasteiger partial charge in [0.1, 0.15) is 12.4 Å². The molecule has 3 heteroatoms. The third kappa shape index (κ3) is 1.90. The SMILES string of the molecule is NC(C=O)C(O)c1ccccc1. The molecule has 0 spiro atoms. The van der Waals surface area contributed by atoms with Crippen molar-refractivity contribution in [3.8, 4) is 0 Å². The van der Waals surface area contributed by atoms with Crippen LogP contribution in [0, 0.1) is 0 Å². The zero-order valence-electron chi connectivity index (χ0n) is 6.55. The van der Waals surface area contributed by atoms with E-state index in [0.29, 0.717) is 11.8 Å². The minimum atomic E-state index is -0.899. The third-order valence-corrected chi connectivity index (χ3v) is 1.66. The molecule has 1 rings (SSSR count). The summed E-state index contributed by atoms with van der Waals surface area (Å²) in [5, 5.41) is 9.43. The van der Waals surface area contributed by atoms with E-state index in [9.17, 15) is 9.90 Å². The zero-order valence-corrected chi connectivity index (χ0v) is 6.55. The summed E-state index contributed by atoms with van der Waals surface area (Å²) in [4.78, 5) is 10.2. The number of rotatable bonds is 3. The Morgan fingerprint density at radius 3 is 2.42 bits per heavy atom. The van der Waals surface area contributed by atoms with Crippen LogP contribution in [0.4, 0.5) is 0 Å². The van der Waals surface area contributed by atoms with Crippen LogP contribution in [0.3, 0.4) is 0 Å². The fraction of sp³-hybridized carbons (Fsp3) is 0.222. The summed E-state index contributed by atoms with van der Waals surface area (Å²) >= 11 is 0. The summed E-state index contributed by atoms with van der Waals surface area (Å²) in [5.41, 5.74) is 5.99. The van der Waals surface area contributed by atoms with Gasteiger partial charge in [0, 0.05) is 0 Å². The molecule has 0 aliphatic rings. The molecule has 12 heavy (non-hydrogen) atoms. The molecule has 0 saturated carbocycles. The van der Waals surface area contributed by atoms with E-state index >= 15 is 0 Å². The van der Waals surface area contributed by atoms with Gasteiger partial charge < -0.3 is 15.6 Å². The zero-order chi connectivity index (χ0) is 8.97. The lowest BCUT2D eigenvalue weighted by molar-refractivity contribution is -0.111. The van der Waals surface area contributed by atoms with E-state index in [4.69, 9.17) is 5.73 Å². The fourth-order valence-electron chi connectivity index (χ4n) is 0.947. The van der Waals surface area contributed by atoms with Crippen LogP contribution in [0.5, 0.6) is 0 Å². The Morgan fingerprint density at radius 1 is 1.33 bits per heavy atom. The number of aliphatic hydroxyl groups is 1. The smallest absolute Gasteiger partial charge is 0.139 e. The average molecular weight is 165 g/mol. The molecule has 0 saturated heterocycles. The van der Waals surface area contributed by atoms with Crippen molar-refractivity contribution in [3.63, 3.8) is 0 Å². The van der Waals surface area contributed by atoms with Crippen LogP contribution in [-0.2, 0) is 4.79 Å². The summed E-state index contributed by atoms with van der Waals surface area (Å²) in [7, 11) is 0. The molecule has 0 aliphatic carbocycles. The number of carbonyl (C=O) groups is 1. The Kier molecular flexibility index (Phi) is 2.96. The monoisotopic (exact) mass is 165 g/mol. The standard InChI is InChI=1S/C9H11NO2/c10-8(6-11)9(12)7-4-2-1-3-5-7/h1-6,8-9,12H,10H2. The summed E-state index contributed by atoms with van der Waals surface area (Å²) < 4.78 is 0. The van der Waals surface area contributed by atoms with Crippen molar-refractivity contribution >= 4 is 6.29 Å². The predicted molar refractivity (Wildman–Crippen MR) is 45.4 cm³/mol. The molecule has 3 N–H and O–H groups in total. The lowest BCUT2D eigenvalue weighted by atomic mass is 10.0. The maximum atomic E-state index is 10.2. The molecule has 0 amide bonds. The molecular formula is C9H11NO2. The lowest BCUT2D eigenvalue weighted by Gasteiger charge is -2.12. The second-order valence-corrected chi connectivity index (χ2v) is 2.57. The highest BCUT2D eigenvalue weighted by Crippen LogP contribution is 2.13. The Balaban J connectivity index is 2.78. The van der Waals surface area contributed by atoms with Crippen molar-refractivity contribution in [1.82, 2.24) is 0 Å². The molecule has 1 aromatic carbocycles. The molecule has 2 unspecified atom stereocenters. The van der Waals surface area contributed by atoms with E-state index in [1.54, 1.807) is 24.3 Å². The van der Waals surface area contributed by atoms with E-state index in [2.05, 4.69) is 0 Å². The fourth-order valence-corrected chi connectivity index (χ4v) is 0.947. The van der Waals surface area contributed by atoms with Crippen LogP contribution in [-0.4, -0.2) is 17.4 Å². The quantitative estimate of drug-likeness (QED) is 0.631. The number of nitrogens with two attached hydrogens (primary N) is 1. The molecule has 0 aromatic heterocycles. The largest absolute Gasteiger partial charge is 0.386 e. The Bertz CT molecular complexity index is 248. The topological polar surface area (TPSA) is 63.3 Å². The Labute approximate surface area is 70.8 Å². The van der Waals surface area contributed by atoms with Crippen LogP contribution in [0.25, 0.3) is 0 Å². The first-order chi connectivity index (χ1) is 5.75. The number of aldehydes is 1. The number of benzene rings is 1. The van der Waals surface area contributed by atoms with Crippen LogP contribution < -0.4 is 5.73 Å². The second kappa shape index (κ2) is 3.99. The van der Waals surface area contributed by atoms with Crippen molar-refractivity contribution in [1.29, 1.82) is 0 Å². The third-order valence-electron chi connectivity index (χ3n) is 1.66. The van der Waals surface area contributed by atoms with Gasteiger partial charge in [0.05, 0.1) is 6.04 Å². The highest BCUT2D eigenvalue weighted by Gasteiger charge is 2.14. The summed E-state index contributed by atoms with van der Waals surface area (Å²) in [6.45, 7) is 0. The van der Waals surface area contributed by atoms with Gasteiger partial charge in [-0.2, -0.15) is 0 Å². The molecule has 0 bridgehead atoms. The molecule has 1 aromatic rings. The van der Waals surface area contributed by atoms with Gasteiger partial charge in [0.15, 0.2) is 0 Å². The van der Waals surface area contributed by atoms with E-state index in [-0.39, 0.29) is 0 Å². The average Bonchev–Trinajstić information content (AvgIpc) is 2.17. The van der Waals surface area contributed by atoms with Gasteiger partial charge in [-0.25, -0.2) is 0 Å². The number of hydrogen-bond acceptors (Lipinski definition) is 3. The highest BCUT2D eigenvalue weighted by molar-refractivity contribution is 5.58. The predicted octanol–water partition coefficient (Wildman–Crippen LogP) is 0.246. The molecule has 64 valence electrons. The summed E-state index contributed by atoms with van der Waals surface area (Å²) in [5.74, 6) is 0. The summed E-state index contributed by atoms with van der Waals surface area (Å²) in [6.07, 6.45) is -0.360. The number of carbonyl (C=O) groups excluding carboxylic acids is 1. The van der Waals surface area contributed by atoms with E-state index in [1.807, 2.05) is 6.07 Å². The normalized spacial score (nSPS) is 15.2. The molecule has 2 atom stereocenters. The highest BCUT2D eigenvalue weighted by atomic mass is 16.3. The molecule has 0 radical (unpaired) electrons. The van der Waals surface area contributed by atoms with Gasteiger partial charge >= 0.3 is 0 Å². The van der Waals surface area contributed by atoms with E-state index in [1.165, 1.54) is 0 Å². The van der Waals surface area contributed by atoms with Crippen molar-refractivity contribution in [3.05, 3.63) is 35.9 Å². The maximum absolute atomic E-state index is 10.2. The van der Waals surface area contributed by atoms with Gasteiger partial charge in [-0.1, -0.05) is 30.3 Å². The van der Waals surface area contributed by atoms with Gasteiger partial charge in [-0.05, 0) is 5.56 Å². The van der Waals surface area contributed by atoms with Gasteiger partial charge in [0.2, 0.25) is 0 Å². The molecule has 0 heterocycles. The lowest BCUT2D eigenvalue weighted by Crippen LogP contribution is -2.29. The van der Waals surface area contributed by atoms with Crippen molar-refractivity contribution in [2.75, 3.05) is 0 Å². The first-order valence-electron chi connectivity index (χ1n) is 3.69. The van der Waals surface area contributed by atoms with E-state index < -0.39 is 12.1 Å². The first kappa shape index (κ1) is 8.90. The van der Waals surface area contributed by atoms with Crippen LogP contribution in [0.1, 0.15) is 11.7 Å². The molecular weight excluding hydrogens is 154 g/mol. The van der Waals surface area contributed by atoms with Gasteiger partial charge in [-0.15, -0.1) is 0 Å². The van der Waals surface area contributed by atoms with Crippen LogP contribution in [0.15, 0.2) is 30.3 Å². The number of hydrogen-bond donors (Lipinski definition) is 2. The minimum absolute atomic E-state index is 0.539. The number of aliphatic hydroxyl groups excluding tert-OH is 1. The Morgan fingerprint density at radius 2 is 1.92 bits per heavy atom. The Hall–Kier alpha value is -1.19. The van der Waals surface area contributed by atoms with Crippen LogP contribution >= 0.6 is 0 Å². The summed E-state index contributed by atoms with van der Waals surface area (Å²) in [6, 6.07) is 8.03. The van der Waals surface area contributed by atoms with Crippen molar-refractivity contribution < 1.29 is 9.90 Å². The second-order valence-electron chi connectivity index (χ2n) is 2.57. The maximum Gasteiger partial charge on any atom is 0.139 e. The molecule has 0 fully saturated rings.